The van der Waals surface area contributed by atoms with Crippen LogP contribution in [-0.2, 0) is 0 Å². The zero-order valence-electron chi connectivity index (χ0n) is 11.1. The van der Waals surface area contributed by atoms with Crippen molar-refractivity contribution in [2.24, 2.45) is 11.8 Å². The van der Waals surface area contributed by atoms with Crippen LogP contribution < -0.4 is 10.1 Å². The highest BCUT2D eigenvalue weighted by Gasteiger charge is 2.29. The van der Waals surface area contributed by atoms with Crippen LogP contribution in [0.2, 0.25) is 0 Å². The van der Waals surface area contributed by atoms with E-state index in [1.807, 2.05) is 13.1 Å². The Balaban J connectivity index is 1.90. The second-order valence-corrected chi connectivity index (χ2v) is 5.32. The second-order valence-electron chi connectivity index (χ2n) is 5.32. The Morgan fingerprint density at radius 2 is 2.28 bits per heavy atom. The van der Waals surface area contributed by atoms with Crippen molar-refractivity contribution in [2.75, 3.05) is 20.2 Å². The van der Waals surface area contributed by atoms with Crippen LogP contribution in [0.3, 0.4) is 0 Å². The maximum Gasteiger partial charge on any atom is 0.140 e. The summed E-state index contributed by atoms with van der Waals surface area (Å²) in [5, 5.41) is 3.48. The van der Waals surface area contributed by atoms with Crippen molar-refractivity contribution >= 4 is 5.57 Å². The van der Waals surface area contributed by atoms with Crippen molar-refractivity contribution in [1.29, 1.82) is 0 Å². The maximum atomic E-state index is 5.36. The van der Waals surface area contributed by atoms with Gasteiger partial charge in [0.15, 0.2) is 0 Å². The molecule has 1 saturated heterocycles. The molecule has 0 radical (unpaired) electrons. The number of nitrogens with one attached hydrogen (secondary N) is 1. The summed E-state index contributed by atoms with van der Waals surface area (Å²) in [6.07, 6.45) is 6.88. The summed E-state index contributed by atoms with van der Waals surface area (Å²) in [4.78, 5) is 4.43. The number of pyridine rings is 1. The van der Waals surface area contributed by atoms with E-state index in [0.29, 0.717) is 5.92 Å². The number of nitrogens with zero attached hydrogens (tertiary/aromatic N) is 1. The lowest BCUT2D eigenvalue weighted by molar-refractivity contribution is 0.409. The monoisotopic (exact) mass is 244 g/mol. The van der Waals surface area contributed by atoms with Gasteiger partial charge in [-0.25, -0.2) is 0 Å². The highest BCUT2D eigenvalue weighted by atomic mass is 16.5. The normalized spacial score (nSPS) is 26.7. The molecule has 3 rings (SSSR count). The summed E-state index contributed by atoms with van der Waals surface area (Å²) in [5.74, 6) is 2.44. The Bertz CT molecular complexity index is 481. The third-order valence-corrected chi connectivity index (χ3v) is 4.22. The zero-order valence-corrected chi connectivity index (χ0v) is 11.1. The summed E-state index contributed by atoms with van der Waals surface area (Å²) >= 11 is 0. The Morgan fingerprint density at radius 1 is 1.39 bits per heavy atom. The first-order valence-corrected chi connectivity index (χ1v) is 6.70. The summed E-state index contributed by atoms with van der Waals surface area (Å²) in [6, 6.07) is 2.12. The van der Waals surface area contributed by atoms with Gasteiger partial charge in [-0.2, -0.15) is 0 Å². The van der Waals surface area contributed by atoms with Gasteiger partial charge in [0.2, 0.25) is 0 Å². The summed E-state index contributed by atoms with van der Waals surface area (Å²) in [6.45, 7) is 4.29. The molecule has 1 fully saturated rings. The minimum Gasteiger partial charge on any atom is -0.495 e. The Kier molecular flexibility index (Phi) is 3.08. The molecular formula is C15H20N2O. The first-order valence-electron chi connectivity index (χ1n) is 6.70. The van der Waals surface area contributed by atoms with Gasteiger partial charge in [-0.1, -0.05) is 6.08 Å². The fourth-order valence-corrected chi connectivity index (χ4v) is 3.08. The van der Waals surface area contributed by atoms with Gasteiger partial charge in [0.05, 0.1) is 12.8 Å². The molecule has 1 aliphatic carbocycles. The fourth-order valence-electron chi connectivity index (χ4n) is 3.08. The van der Waals surface area contributed by atoms with Crippen LogP contribution in [0.4, 0.5) is 0 Å². The molecule has 1 aliphatic heterocycles. The topological polar surface area (TPSA) is 34.1 Å². The number of hydrogen-bond donors (Lipinski definition) is 1. The molecule has 0 aromatic carbocycles. The van der Waals surface area contributed by atoms with Crippen molar-refractivity contribution in [3.8, 4) is 5.75 Å². The average Bonchev–Trinajstić information content (AvgIpc) is 2.86. The predicted octanol–water partition coefficient (Wildman–Crippen LogP) is 2.41. The number of ether oxygens (including phenoxy) is 1. The van der Waals surface area contributed by atoms with E-state index in [4.69, 9.17) is 4.74 Å². The quantitative estimate of drug-likeness (QED) is 0.867. The van der Waals surface area contributed by atoms with Gasteiger partial charge >= 0.3 is 0 Å². The molecule has 1 aromatic rings. The van der Waals surface area contributed by atoms with Crippen molar-refractivity contribution in [1.82, 2.24) is 10.3 Å². The van der Waals surface area contributed by atoms with Gasteiger partial charge in [-0.05, 0) is 55.3 Å². The predicted molar refractivity (Wildman–Crippen MR) is 72.6 cm³/mol. The largest absolute Gasteiger partial charge is 0.495 e. The molecule has 0 spiro atoms. The maximum absolute atomic E-state index is 5.36. The van der Waals surface area contributed by atoms with E-state index in [1.165, 1.54) is 24.1 Å². The molecule has 3 heteroatoms. The van der Waals surface area contributed by atoms with Crippen LogP contribution in [0.25, 0.3) is 5.57 Å². The SMILES string of the molecule is COc1cc(C2=CC3CNCC3CC2)cnc1C. The number of allylic oxidation sites excluding steroid dienone is 1. The Labute approximate surface area is 108 Å². The minimum absolute atomic E-state index is 0.709. The molecule has 1 N–H and O–H groups in total. The van der Waals surface area contributed by atoms with E-state index in [2.05, 4.69) is 22.4 Å². The standard InChI is InChI=1S/C15H20N2O/c1-10-15(18-2)6-14(9-17-10)11-3-4-12-7-16-8-13(12)5-11/h5-6,9,12-13,16H,3-4,7-8H2,1-2H3. The molecule has 3 nitrogen and oxygen atoms in total. The average molecular weight is 244 g/mol. The van der Waals surface area contributed by atoms with Crippen molar-refractivity contribution in [3.05, 3.63) is 29.6 Å². The summed E-state index contributed by atoms with van der Waals surface area (Å²) in [5.41, 5.74) is 3.62. The highest BCUT2D eigenvalue weighted by molar-refractivity contribution is 5.67. The van der Waals surface area contributed by atoms with E-state index >= 15 is 0 Å². The van der Waals surface area contributed by atoms with Crippen molar-refractivity contribution < 1.29 is 4.74 Å². The lowest BCUT2D eigenvalue weighted by Gasteiger charge is -2.23. The van der Waals surface area contributed by atoms with E-state index < -0.39 is 0 Å². The van der Waals surface area contributed by atoms with Crippen LogP contribution in [0.1, 0.15) is 24.1 Å². The van der Waals surface area contributed by atoms with Crippen LogP contribution >= 0.6 is 0 Å². The van der Waals surface area contributed by atoms with Crippen LogP contribution in [0.15, 0.2) is 18.3 Å². The van der Waals surface area contributed by atoms with Gasteiger partial charge in [-0.15, -0.1) is 0 Å². The van der Waals surface area contributed by atoms with Crippen LogP contribution in [0.5, 0.6) is 5.75 Å². The van der Waals surface area contributed by atoms with Crippen molar-refractivity contribution in [3.63, 3.8) is 0 Å². The highest BCUT2D eigenvalue weighted by Crippen LogP contribution is 2.36. The Hall–Kier alpha value is -1.35. The van der Waals surface area contributed by atoms with E-state index in [0.717, 1.165) is 30.3 Å². The number of methoxy groups -OCH3 is 1. The van der Waals surface area contributed by atoms with Gasteiger partial charge < -0.3 is 10.1 Å². The zero-order chi connectivity index (χ0) is 12.5. The first-order chi connectivity index (χ1) is 8.78. The number of rotatable bonds is 2. The number of aromatic nitrogens is 1. The van der Waals surface area contributed by atoms with Gasteiger partial charge in [-0.3, -0.25) is 4.98 Å². The molecule has 96 valence electrons. The summed E-state index contributed by atoms with van der Waals surface area (Å²) < 4.78 is 5.36. The number of aryl methyl sites for hydroxylation is 1. The smallest absolute Gasteiger partial charge is 0.140 e. The number of fused-ring (bicyclic) bond motifs is 1. The number of hydrogen-bond acceptors (Lipinski definition) is 3. The van der Waals surface area contributed by atoms with E-state index in [-0.39, 0.29) is 0 Å². The van der Waals surface area contributed by atoms with Crippen LogP contribution in [-0.4, -0.2) is 25.2 Å². The molecule has 18 heavy (non-hydrogen) atoms. The van der Waals surface area contributed by atoms with Crippen LogP contribution in [0, 0.1) is 18.8 Å². The molecule has 0 saturated carbocycles. The van der Waals surface area contributed by atoms with E-state index in [9.17, 15) is 0 Å². The third-order valence-electron chi connectivity index (χ3n) is 4.22. The third kappa shape index (κ3) is 2.03. The molecule has 0 bridgehead atoms. The first kappa shape index (κ1) is 11.7. The van der Waals surface area contributed by atoms with E-state index in [1.54, 1.807) is 7.11 Å². The second kappa shape index (κ2) is 4.73. The lowest BCUT2D eigenvalue weighted by atomic mass is 9.81. The molecule has 2 aliphatic rings. The van der Waals surface area contributed by atoms with Gasteiger partial charge in [0.1, 0.15) is 5.75 Å². The summed E-state index contributed by atoms with van der Waals surface area (Å²) in [7, 11) is 1.71. The molecule has 0 amide bonds. The van der Waals surface area contributed by atoms with Gasteiger partial charge in [0, 0.05) is 12.7 Å². The van der Waals surface area contributed by atoms with Gasteiger partial charge in [0.25, 0.3) is 0 Å². The minimum atomic E-state index is 0.709. The molecule has 2 heterocycles. The lowest BCUT2D eigenvalue weighted by Crippen LogP contribution is -2.15. The molecule has 2 atom stereocenters. The molecule has 2 unspecified atom stereocenters. The molecular weight excluding hydrogens is 224 g/mol. The Morgan fingerprint density at radius 3 is 3.11 bits per heavy atom. The molecule has 1 aromatic heterocycles. The fraction of sp³-hybridized carbons (Fsp3) is 0.533. The van der Waals surface area contributed by atoms with Crippen molar-refractivity contribution in [2.45, 2.75) is 19.8 Å².